The summed E-state index contributed by atoms with van der Waals surface area (Å²) in [5, 5.41) is 5.25. The van der Waals surface area contributed by atoms with Crippen LogP contribution in [0.3, 0.4) is 0 Å². The second-order valence-corrected chi connectivity index (χ2v) is 5.31. The molecule has 0 aliphatic carbocycles. The average molecular weight is 314 g/mol. The maximum Gasteiger partial charge on any atom is 0.138 e. The fourth-order valence-corrected chi connectivity index (χ4v) is 2.34. The van der Waals surface area contributed by atoms with Gasteiger partial charge in [0.25, 0.3) is 0 Å². The lowest BCUT2D eigenvalue weighted by Gasteiger charge is -2.17. The van der Waals surface area contributed by atoms with Crippen molar-refractivity contribution in [2.75, 3.05) is 0 Å². The van der Waals surface area contributed by atoms with Crippen LogP contribution in [0, 0.1) is 0 Å². The Hall–Kier alpha value is -1.14. The van der Waals surface area contributed by atoms with Gasteiger partial charge < -0.3 is 0 Å². The predicted molar refractivity (Wildman–Crippen MR) is 80.5 cm³/mol. The predicted octanol–water partition coefficient (Wildman–Crippen LogP) is 2.74. The summed E-state index contributed by atoms with van der Waals surface area (Å²) >= 11 is 12.0. The molecule has 5 nitrogen and oxygen atoms in total. The number of hydrazine groups is 1. The van der Waals surface area contributed by atoms with Crippen LogP contribution in [-0.4, -0.2) is 14.8 Å². The van der Waals surface area contributed by atoms with Crippen LogP contribution in [0.15, 0.2) is 24.5 Å². The van der Waals surface area contributed by atoms with E-state index in [2.05, 4.69) is 22.4 Å². The van der Waals surface area contributed by atoms with E-state index in [-0.39, 0.29) is 6.04 Å². The van der Waals surface area contributed by atoms with Crippen LogP contribution in [-0.2, 0) is 13.0 Å². The quantitative estimate of drug-likeness (QED) is 0.635. The molecule has 7 heteroatoms. The SMILES string of the molecule is CCCn1ncnc1CC(NN)c1ccc(Cl)c(Cl)c1. The number of aromatic nitrogens is 3. The van der Waals surface area contributed by atoms with Gasteiger partial charge in [0, 0.05) is 13.0 Å². The number of nitrogens with zero attached hydrogens (tertiary/aromatic N) is 3. The van der Waals surface area contributed by atoms with Crippen molar-refractivity contribution in [3.05, 3.63) is 46.0 Å². The van der Waals surface area contributed by atoms with Crippen molar-refractivity contribution in [2.45, 2.75) is 32.4 Å². The van der Waals surface area contributed by atoms with Gasteiger partial charge in [-0.3, -0.25) is 16.0 Å². The van der Waals surface area contributed by atoms with Crippen molar-refractivity contribution in [1.29, 1.82) is 0 Å². The molecule has 0 aliphatic rings. The van der Waals surface area contributed by atoms with Crippen LogP contribution in [0.4, 0.5) is 0 Å². The van der Waals surface area contributed by atoms with Gasteiger partial charge in [0.2, 0.25) is 0 Å². The van der Waals surface area contributed by atoms with E-state index in [1.807, 2.05) is 16.8 Å². The van der Waals surface area contributed by atoms with Gasteiger partial charge in [0.05, 0.1) is 16.1 Å². The third kappa shape index (κ3) is 3.49. The fourth-order valence-electron chi connectivity index (χ4n) is 2.03. The smallest absolute Gasteiger partial charge is 0.138 e. The van der Waals surface area contributed by atoms with Crippen LogP contribution in [0.5, 0.6) is 0 Å². The number of hydrogen-bond donors (Lipinski definition) is 2. The van der Waals surface area contributed by atoms with Crippen LogP contribution in [0.2, 0.25) is 10.0 Å². The lowest BCUT2D eigenvalue weighted by Crippen LogP contribution is -2.30. The standard InChI is InChI=1S/C13H17Cl2N5/c1-2-5-20-13(17-8-18-20)7-12(19-16)9-3-4-10(14)11(15)6-9/h3-4,6,8,12,19H,2,5,7,16H2,1H3. The first-order valence-corrected chi connectivity index (χ1v) is 7.19. The van der Waals surface area contributed by atoms with Crippen molar-refractivity contribution in [2.24, 2.45) is 5.84 Å². The van der Waals surface area contributed by atoms with E-state index in [0.717, 1.165) is 24.4 Å². The first kappa shape index (κ1) is 15.3. The van der Waals surface area contributed by atoms with Gasteiger partial charge >= 0.3 is 0 Å². The Morgan fingerprint density at radius 2 is 2.15 bits per heavy atom. The third-order valence-electron chi connectivity index (χ3n) is 3.07. The molecule has 0 spiro atoms. The molecule has 1 heterocycles. The van der Waals surface area contributed by atoms with E-state index in [1.54, 1.807) is 12.4 Å². The lowest BCUT2D eigenvalue weighted by atomic mass is 10.0. The van der Waals surface area contributed by atoms with Gasteiger partial charge in [0.1, 0.15) is 12.2 Å². The summed E-state index contributed by atoms with van der Waals surface area (Å²) in [5.74, 6) is 6.54. The molecule has 0 bridgehead atoms. The third-order valence-corrected chi connectivity index (χ3v) is 3.80. The maximum absolute atomic E-state index is 6.04. The van der Waals surface area contributed by atoms with Crippen molar-refractivity contribution < 1.29 is 0 Å². The molecule has 1 aromatic heterocycles. The minimum Gasteiger partial charge on any atom is -0.271 e. The summed E-state index contributed by atoms with van der Waals surface area (Å²) in [4.78, 5) is 4.29. The number of hydrogen-bond acceptors (Lipinski definition) is 4. The van der Waals surface area contributed by atoms with Crippen molar-refractivity contribution in [3.63, 3.8) is 0 Å². The molecular weight excluding hydrogens is 297 g/mol. The Labute approximate surface area is 128 Å². The molecule has 3 N–H and O–H groups in total. The van der Waals surface area contributed by atoms with E-state index in [0.29, 0.717) is 16.5 Å². The number of halogens is 2. The van der Waals surface area contributed by atoms with Crippen molar-refractivity contribution >= 4 is 23.2 Å². The molecule has 1 unspecified atom stereocenters. The van der Waals surface area contributed by atoms with E-state index < -0.39 is 0 Å². The molecule has 0 aliphatic heterocycles. The highest BCUT2D eigenvalue weighted by Gasteiger charge is 2.15. The molecule has 0 saturated heterocycles. The first-order chi connectivity index (χ1) is 9.65. The highest BCUT2D eigenvalue weighted by Crippen LogP contribution is 2.26. The minimum absolute atomic E-state index is 0.0930. The summed E-state index contributed by atoms with van der Waals surface area (Å²) in [6, 6.07) is 5.39. The molecule has 20 heavy (non-hydrogen) atoms. The second-order valence-electron chi connectivity index (χ2n) is 4.50. The summed E-state index contributed by atoms with van der Waals surface area (Å²) in [6.07, 6.45) is 3.20. The van der Waals surface area contributed by atoms with Crippen LogP contribution in [0.25, 0.3) is 0 Å². The Kier molecular flexibility index (Phi) is 5.37. The highest BCUT2D eigenvalue weighted by atomic mass is 35.5. The number of nitrogens with two attached hydrogens (primary N) is 1. The minimum atomic E-state index is -0.0930. The highest BCUT2D eigenvalue weighted by molar-refractivity contribution is 6.42. The largest absolute Gasteiger partial charge is 0.271 e. The molecule has 1 atom stereocenters. The topological polar surface area (TPSA) is 68.8 Å². The Bertz CT molecular complexity index is 570. The molecule has 108 valence electrons. The molecule has 0 amide bonds. The monoisotopic (exact) mass is 313 g/mol. The van der Waals surface area contributed by atoms with Crippen LogP contribution >= 0.6 is 23.2 Å². The van der Waals surface area contributed by atoms with E-state index >= 15 is 0 Å². The molecular formula is C13H17Cl2N5. The summed E-state index contributed by atoms with van der Waals surface area (Å²) in [5.41, 5.74) is 3.76. The van der Waals surface area contributed by atoms with Crippen LogP contribution in [0.1, 0.15) is 30.8 Å². The van der Waals surface area contributed by atoms with Gasteiger partial charge in [-0.05, 0) is 24.1 Å². The molecule has 2 rings (SSSR count). The van der Waals surface area contributed by atoms with Crippen molar-refractivity contribution in [3.8, 4) is 0 Å². The number of rotatable bonds is 6. The zero-order chi connectivity index (χ0) is 14.5. The zero-order valence-electron chi connectivity index (χ0n) is 11.2. The number of nitrogens with one attached hydrogen (secondary N) is 1. The lowest BCUT2D eigenvalue weighted by molar-refractivity contribution is 0.499. The van der Waals surface area contributed by atoms with E-state index in [9.17, 15) is 0 Å². The molecule has 2 aromatic rings. The van der Waals surface area contributed by atoms with E-state index in [1.165, 1.54) is 0 Å². The fraction of sp³-hybridized carbons (Fsp3) is 0.385. The molecule has 1 aromatic carbocycles. The number of aryl methyl sites for hydroxylation is 1. The summed E-state index contributed by atoms with van der Waals surface area (Å²) in [6.45, 7) is 2.94. The normalized spacial score (nSPS) is 12.6. The van der Waals surface area contributed by atoms with E-state index in [4.69, 9.17) is 29.0 Å². The molecule has 0 fully saturated rings. The van der Waals surface area contributed by atoms with Gasteiger partial charge in [-0.1, -0.05) is 36.2 Å². The zero-order valence-corrected chi connectivity index (χ0v) is 12.7. The molecule has 0 saturated carbocycles. The molecule has 0 radical (unpaired) electrons. The van der Waals surface area contributed by atoms with Gasteiger partial charge in [-0.2, -0.15) is 5.10 Å². The van der Waals surface area contributed by atoms with Gasteiger partial charge in [0.15, 0.2) is 0 Å². The van der Waals surface area contributed by atoms with Gasteiger partial charge in [-0.15, -0.1) is 0 Å². The maximum atomic E-state index is 6.04. The van der Waals surface area contributed by atoms with Crippen LogP contribution < -0.4 is 11.3 Å². The Balaban J connectivity index is 2.19. The Morgan fingerprint density at radius 3 is 2.80 bits per heavy atom. The Morgan fingerprint density at radius 1 is 1.35 bits per heavy atom. The van der Waals surface area contributed by atoms with Gasteiger partial charge in [-0.25, -0.2) is 4.98 Å². The summed E-state index contributed by atoms with van der Waals surface area (Å²) < 4.78 is 1.89. The number of benzene rings is 1. The van der Waals surface area contributed by atoms with Crippen molar-refractivity contribution in [1.82, 2.24) is 20.2 Å². The summed E-state index contributed by atoms with van der Waals surface area (Å²) in [7, 11) is 0. The first-order valence-electron chi connectivity index (χ1n) is 6.43. The average Bonchev–Trinajstić information content (AvgIpc) is 2.87. The second kappa shape index (κ2) is 7.04.